The van der Waals surface area contributed by atoms with Crippen LogP contribution in [0.4, 0.5) is 0 Å². The van der Waals surface area contributed by atoms with Crippen molar-refractivity contribution in [2.45, 2.75) is 6.85 Å². The number of amides is 1. The second-order valence-electron chi connectivity index (χ2n) is 4.94. The van der Waals surface area contributed by atoms with Gasteiger partial charge in [-0.1, -0.05) is 18.2 Å². The van der Waals surface area contributed by atoms with Crippen LogP contribution in [-0.4, -0.2) is 33.6 Å². The number of carboxylic acid groups (broad SMARTS) is 1. The zero-order valence-electron chi connectivity index (χ0n) is 21.0. The van der Waals surface area contributed by atoms with Crippen LogP contribution in [0.2, 0.25) is 0 Å². The molecule has 0 unspecified atom stereocenters. The zero-order valence-corrected chi connectivity index (χ0v) is 13.0. The quantitative estimate of drug-likeness (QED) is 0.645. The van der Waals surface area contributed by atoms with E-state index in [1.54, 1.807) is 0 Å². The van der Waals surface area contributed by atoms with Crippen molar-refractivity contribution < 1.29 is 35.5 Å². The van der Waals surface area contributed by atoms with Gasteiger partial charge in [-0.2, -0.15) is 0 Å². The van der Waals surface area contributed by atoms with Crippen molar-refractivity contribution in [2.75, 3.05) is 6.54 Å². The highest BCUT2D eigenvalue weighted by molar-refractivity contribution is 6.03. The molecule has 0 saturated carbocycles. The molecule has 132 valence electrons. The van der Waals surface area contributed by atoms with Crippen LogP contribution in [0.5, 0.6) is 17.2 Å². The van der Waals surface area contributed by atoms with Gasteiger partial charge in [-0.25, -0.2) is 4.98 Å². The van der Waals surface area contributed by atoms with Crippen LogP contribution in [0, 0.1) is 6.85 Å². The van der Waals surface area contributed by atoms with Crippen LogP contribution in [0.3, 0.4) is 0 Å². The fourth-order valence-corrected chi connectivity index (χ4v) is 2.05. The van der Waals surface area contributed by atoms with Crippen molar-refractivity contribution in [2.24, 2.45) is 0 Å². The van der Waals surface area contributed by atoms with Crippen molar-refractivity contribution in [1.82, 2.24) is 10.3 Å². The minimum atomic E-state index is -3.03. The molecule has 3 rings (SSSR count). The number of carbonyl (C=O) groups is 2. The van der Waals surface area contributed by atoms with Gasteiger partial charge in [-0.15, -0.1) is 0 Å². The molecule has 0 aliphatic heterocycles. The molecule has 0 fully saturated rings. The lowest BCUT2D eigenvalue weighted by Crippen LogP contribution is -2.30. The zero-order chi connectivity index (χ0) is 25.5. The van der Waals surface area contributed by atoms with Gasteiger partial charge in [0.2, 0.25) is 0 Å². The van der Waals surface area contributed by atoms with Gasteiger partial charge in [-0.3, -0.25) is 9.59 Å². The number of nitrogens with one attached hydrogen (secondary N) is 1. The number of rotatable bonds is 5. The summed E-state index contributed by atoms with van der Waals surface area (Å²) in [5.41, 5.74) is -1.65. The Bertz CT molecular complexity index is 1320. The summed E-state index contributed by atoms with van der Waals surface area (Å²) in [6.45, 7) is -3.87. The molecule has 0 bridgehead atoms. The number of hydrogen-bond acceptors (Lipinski definition) is 5. The third kappa shape index (κ3) is 3.56. The first-order valence-electron chi connectivity index (χ1n) is 11.2. The normalized spacial score (nSPS) is 15.4. The van der Waals surface area contributed by atoms with Crippen LogP contribution >= 0.6 is 0 Å². The van der Waals surface area contributed by atoms with Gasteiger partial charge in [-0.05, 0) is 37.1 Å². The van der Waals surface area contributed by atoms with E-state index in [1.807, 2.05) is 5.32 Å². The average Bonchev–Trinajstić information content (AvgIpc) is 2.70. The first-order chi connectivity index (χ1) is 15.7. The highest BCUT2D eigenvalue weighted by Crippen LogP contribution is 2.33. The van der Waals surface area contributed by atoms with E-state index < -0.39 is 71.0 Å². The Labute approximate surface area is 160 Å². The number of carboxylic acids is 1. The van der Waals surface area contributed by atoms with Crippen molar-refractivity contribution in [3.05, 3.63) is 59.8 Å². The summed E-state index contributed by atoms with van der Waals surface area (Å²) in [4.78, 5) is 26.7. The third-order valence-electron chi connectivity index (χ3n) is 3.17. The van der Waals surface area contributed by atoms with Gasteiger partial charge in [0.05, 0.1) is 6.85 Å². The molecule has 0 aliphatic carbocycles. The van der Waals surface area contributed by atoms with E-state index in [1.165, 1.54) is 0 Å². The molecule has 7 heteroatoms. The predicted molar refractivity (Wildman–Crippen MR) is 94.6 cm³/mol. The second-order valence-corrected chi connectivity index (χ2v) is 4.94. The van der Waals surface area contributed by atoms with E-state index in [-0.39, 0.29) is 23.9 Å². The van der Waals surface area contributed by atoms with E-state index in [0.29, 0.717) is 0 Å². The molecule has 3 aromatic rings. The molecule has 1 amide bonds. The van der Waals surface area contributed by atoms with Gasteiger partial charge < -0.3 is 20.3 Å². The third-order valence-corrected chi connectivity index (χ3v) is 3.17. The molecule has 0 aliphatic rings. The molecule has 1 heterocycles. The summed E-state index contributed by atoms with van der Waals surface area (Å²) in [6, 6.07) is 1.06. The van der Waals surface area contributed by atoms with E-state index >= 15 is 0 Å². The number of carbonyl (C=O) groups excluding carboxylic acids is 1. The summed E-state index contributed by atoms with van der Waals surface area (Å²) < 4.78 is 68.9. The van der Waals surface area contributed by atoms with Gasteiger partial charge in [0, 0.05) is 20.6 Å². The van der Waals surface area contributed by atoms with Crippen LogP contribution < -0.4 is 10.1 Å². The Balaban J connectivity index is 2.29. The Hall–Kier alpha value is -3.61. The minimum Gasteiger partial charge on any atom is -0.505 e. The molecular weight excluding hydrogens is 336 g/mol. The summed E-state index contributed by atoms with van der Waals surface area (Å²) >= 11 is 0. The maximum Gasteiger partial charge on any atom is 0.322 e. The second kappa shape index (κ2) is 7.10. The lowest BCUT2D eigenvalue weighted by molar-refractivity contribution is -0.135. The van der Waals surface area contributed by atoms with Gasteiger partial charge in [0.1, 0.15) is 18.0 Å². The number of benzene rings is 2. The van der Waals surface area contributed by atoms with Crippen molar-refractivity contribution in [3.63, 3.8) is 0 Å². The number of aromatic hydroxyl groups is 1. The number of aliphatic carboxylic acids is 1. The molecule has 0 spiro atoms. The monoisotopic (exact) mass is 360 g/mol. The standard InChI is InChI=1S/C19H16N2O5/c1-11-15-9-13(26-12-5-3-2-4-6-12)7-8-14(15)18(24)17(21-11)19(25)20-10-16(22)23/h2-9,24H,10H2,1H3,(H,20,25)(H,22,23)/i1D3,2D,5D,6D,8D,9D. The topological polar surface area (TPSA) is 109 Å². The van der Waals surface area contributed by atoms with Crippen LogP contribution in [0.1, 0.15) is 27.1 Å². The number of ether oxygens (including phenoxy) is 1. The van der Waals surface area contributed by atoms with Crippen molar-refractivity contribution in [1.29, 1.82) is 0 Å². The number of fused-ring (bicyclic) bond motifs is 1. The average molecular weight is 360 g/mol. The summed E-state index contributed by atoms with van der Waals surface area (Å²) in [5, 5.41) is 20.2. The lowest BCUT2D eigenvalue weighted by Gasteiger charge is -2.12. The molecule has 2 aromatic carbocycles. The molecule has 1 aromatic heterocycles. The van der Waals surface area contributed by atoms with E-state index in [2.05, 4.69) is 4.98 Å². The number of pyridine rings is 1. The minimum absolute atomic E-state index is 0.124. The van der Waals surface area contributed by atoms with Crippen molar-refractivity contribution >= 4 is 22.6 Å². The fraction of sp³-hybridized carbons (Fsp3) is 0.105. The van der Waals surface area contributed by atoms with Gasteiger partial charge >= 0.3 is 5.97 Å². The molecule has 0 saturated heterocycles. The van der Waals surface area contributed by atoms with E-state index in [9.17, 15) is 14.7 Å². The Morgan fingerprint density at radius 2 is 2.04 bits per heavy atom. The molecular formula is C19H16N2O5. The van der Waals surface area contributed by atoms with Crippen LogP contribution in [0.15, 0.2) is 48.4 Å². The summed E-state index contributed by atoms with van der Waals surface area (Å²) in [5.74, 6) is -4.31. The molecule has 3 N–H and O–H groups in total. The Kier molecular flexibility index (Phi) is 2.67. The number of para-hydroxylation sites is 1. The fourth-order valence-electron chi connectivity index (χ4n) is 2.05. The molecule has 26 heavy (non-hydrogen) atoms. The molecule has 0 radical (unpaired) electrons. The highest BCUT2D eigenvalue weighted by Gasteiger charge is 2.18. The highest BCUT2D eigenvalue weighted by atomic mass is 16.5. The van der Waals surface area contributed by atoms with Gasteiger partial charge in [0.15, 0.2) is 11.4 Å². The number of nitrogens with zero attached hydrogens (tertiary/aromatic N) is 1. The smallest absolute Gasteiger partial charge is 0.322 e. The van der Waals surface area contributed by atoms with Crippen LogP contribution in [-0.2, 0) is 4.79 Å². The number of aromatic nitrogens is 1. The summed E-state index contributed by atoms with van der Waals surface area (Å²) in [7, 11) is 0. The van der Waals surface area contributed by atoms with E-state index in [0.717, 1.165) is 18.2 Å². The molecule has 7 nitrogen and oxygen atoms in total. The lowest BCUT2D eigenvalue weighted by atomic mass is 10.1. The van der Waals surface area contributed by atoms with Crippen molar-refractivity contribution in [3.8, 4) is 17.2 Å². The van der Waals surface area contributed by atoms with E-state index in [4.69, 9.17) is 20.8 Å². The van der Waals surface area contributed by atoms with Crippen LogP contribution in [0.25, 0.3) is 10.8 Å². The summed E-state index contributed by atoms with van der Waals surface area (Å²) in [6.07, 6.45) is 0. The number of aryl methyl sites for hydroxylation is 1. The first kappa shape index (κ1) is 9.76. The number of hydrogen-bond donors (Lipinski definition) is 3. The Morgan fingerprint density at radius 3 is 2.73 bits per heavy atom. The SMILES string of the molecule is [2H]c1cc([2H])c(Oc2cc([2H])c3c(O)c(C(=O)NCC(=O)O)nc(C([2H])([2H])[2H])c3c2[2H])c([2H])c1. The maximum absolute atomic E-state index is 12.3. The molecule has 0 atom stereocenters. The van der Waals surface area contributed by atoms with Gasteiger partial charge in [0.25, 0.3) is 5.91 Å². The predicted octanol–water partition coefficient (Wildman–Crippen LogP) is 2.86. The maximum atomic E-state index is 12.3. The first-order valence-corrected chi connectivity index (χ1v) is 7.15. The largest absolute Gasteiger partial charge is 0.505 e. The Morgan fingerprint density at radius 1 is 1.27 bits per heavy atom.